The minimum absolute atomic E-state index is 0.726. The highest BCUT2D eigenvalue weighted by molar-refractivity contribution is 5.40. The first-order chi connectivity index (χ1) is 12.8. The Bertz CT molecular complexity index is 622. The van der Waals surface area contributed by atoms with Crippen LogP contribution in [0.5, 0.6) is 0 Å². The summed E-state index contributed by atoms with van der Waals surface area (Å²) < 4.78 is 0. The third kappa shape index (κ3) is 13.5. The van der Waals surface area contributed by atoms with Crippen molar-refractivity contribution in [3.05, 3.63) is 73.1 Å². The van der Waals surface area contributed by atoms with E-state index in [4.69, 9.17) is 0 Å². The number of terminal acetylenes is 1. The Balaban J connectivity index is 0. The normalized spacial score (nSPS) is 10.0. The molecule has 0 spiro atoms. The fourth-order valence-electron chi connectivity index (χ4n) is 1.78. The van der Waals surface area contributed by atoms with E-state index in [2.05, 4.69) is 49.3 Å². The highest BCUT2D eigenvalue weighted by Gasteiger charge is 1.94. The maximum atomic E-state index is 4.29. The SMILES string of the molecule is C#C.C=C/C=C\C=C(\C#CC/C=C\N(C)c1ccccn1)CCC.CC. The molecule has 2 heteroatoms. The standard InChI is InChI=1S/C20H24N2.C2H6.C2H2/c1-4-6-8-14-19(13-5-2)15-9-7-12-18-22(3)20-16-10-11-17-21-20;2*1-2/h4,6,8,10-12,14,16-18H,1,5,7,13H2,2-3H3;1-2H3;1-2H/b8-6-,18-12-,19-14+;;. The fourth-order valence-corrected chi connectivity index (χ4v) is 1.78. The summed E-state index contributed by atoms with van der Waals surface area (Å²) in [5.74, 6) is 7.35. The second-order valence-corrected chi connectivity index (χ2v) is 4.75. The lowest BCUT2D eigenvalue weighted by Crippen LogP contribution is -2.08. The molecule has 138 valence electrons. The number of hydrogen-bond acceptors (Lipinski definition) is 2. The van der Waals surface area contributed by atoms with E-state index in [0.717, 1.165) is 30.7 Å². The molecule has 0 radical (unpaired) electrons. The zero-order valence-electron chi connectivity index (χ0n) is 16.7. The van der Waals surface area contributed by atoms with Crippen LogP contribution in [0, 0.1) is 24.7 Å². The fraction of sp³-hybridized carbons (Fsp3) is 0.292. The van der Waals surface area contributed by atoms with E-state index in [9.17, 15) is 0 Å². The summed E-state index contributed by atoms with van der Waals surface area (Å²) in [6.45, 7) is 9.82. The molecule has 0 bridgehead atoms. The van der Waals surface area contributed by atoms with Crippen molar-refractivity contribution in [1.29, 1.82) is 0 Å². The lowest BCUT2D eigenvalue weighted by molar-refractivity contribution is 0.932. The number of nitrogens with zero attached hydrogens (tertiary/aromatic N) is 2. The summed E-state index contributed by atoms with van der Waals surface area (Å²) in [5, 5.41) is 0. The molecule has 1 heterocycles. The van der Waals surface area contributed by atoms with Gasteiger partial charge in [0.15, 0.2) is 0 Å². The Morgan fingerprint density at radius 1 is 1.27 bits per heavy atom. The van der Waals surface area contributed by atoms with E-state index >= 15 is 0 Å². The Morgan fingerprint density at radius 2 is 2.00 bits per heavy atom. The van der Waals surface area contributed by atoms with E-state index in [1.807, 2.05) is 68.4 Å². The Kier molecular flexibility index (Phi) is 19.5. The summed E-state index contributed by atoms with van der Waals surface area (Å²) >= 11 is 0. The molecule has 1 aromatic rings. The van der Waals surface area contributed by atoms with Crippen LogP contribution in [0.15, 0.2) is 73.1 Å². The second kappa shape index (κ2) is 20.1. The lowest BCUT2D eigenvalue weighted by atomic mass is 10.1. The molecule has 0 fully saturated rings. The molecular weight excluding hydrogens is 316 g/mol. The minimum Gasteiger partial charge on any atom is -0.336 e. The molecule has 2 nitrogen and oxygen atoms in total. The molecular formula is C24H32N2. The minimum atomic E-state index is 0.726. The molecule has 0 saturated carbocycles. The molecule has 0 aromatic carbocycles. The van der Waals surface area contributed by atoms with Crippen molar-refractivity contribution in [1.82, 2.24) is 4.98 Å². The topological polar surface area (TPSA) is 16.1 Å². The lowest BCUT2D eigenvalue weighted by Gasteiger charge is -2.11. The molecule has 0 aliphatic heterocycles. The van der Waals surface area contributed by atoms with Crippen LogP contribution in [0.1, 0.15) is 40.0 Å². The third-order valence-corrected chi connectivity index (χ3v) is 2.87. The van der Waals surface area contributed by atoms with Crippen LogP contribution in [0.25, 0.3) is 0 Å². The molecule has 0 atom stereocenters. The Labute approximate surface area is 161 Å². The van der Waals surface area contributed by atoms with Gasteiger partial charge in [0, 0.05) is 31.4 Å². The molecule has 0 N–H and O–H groups in total. The van der Waals surface area contributed by atoms with E-state index < -0.39 is 0 Å². The highest BCUT2D eigenvalue weighted by Crippen LogP contribution is 2.07. The number of pyridine rings is 1. The van der Waals surface area contributed by atoms with Crippen LogP contribution in [-0.2, 0) is 0 Å². The highest BCUT2D eigenvalue weighted by atomic mass is 15.1. The third-order valence-electron chi connectivity index (χ3n) is 2.87. The number of rotatable bonds is 7. The first kappa shape index (κ1) is 25.3. The Hall–Kier alpha value is -2.97. The molecule has 0 unspecified atom stereocenters. The van der Waals surface area contributed by atoms with Gasteiger partial charge in [-0.05, 0) is 18.6 Å². The Morgan fingerprint density at radius 3 is 2.58 bits per heavy atom. The van der Waals surface area contributed by atoms with Gasteiger partial charge in [-0.1, -0.05) is 82.1 Å². The first-order valence-corrected chi connectivity index (χ1v) is 8.89. The molecule has 0 saturated heterocycles. The molecule has 0 amide bonds. The van der Waals surface area contributed by atoms with Gasteiger partial charge in [-0.3, -0.25) is 0 Å². The van der Waals surface area contributed by atoms with Crippen LogP contribution < -0.4 is 4.90 Å². The molecule has 0 aliphatic carbocycles. The van der Waals surface area contributed by atoms with Crippen molar-refractivity contribution in [3.8, 4) is 24.7 Å². The molecule has 26 heavy (non-hydrogen) atoms. The second-order valence-electron chi connectivity index (χ2n) is 4.75. The summed E-state index contributed by atoms with van der Waals surface area (Å²) in [5.41, 5.74) is 1.16. The van der Waals surface area contributed by atoms with Gasteiger partial charge < -0.3 is 4.90 Å². The first-order valence-electron chi connectivity index (χ1n) is 8.89. The zero-order chi connectivity index (χ0) is 20.0. The van der Waals surface area contributed by atoms with Gasteiger partial charge in [0.25, 0.3) is 0 Å². The number of allylic oxidation sites excluding steroid dienone is 6. The van der Waals surface area contributed by atoms with Crippen LogP contribution >= 0.6 is 0 Å². The van der Waals surface area contributed by atoms with Crippen LogP contribution in [0.4, 0.5) is 5.82 Å². The van der Waals surface area contributed by atoms with E-state index in [1.54, 1.807) is 12.3 Å². The van der Waals surface area contributed by atoms with E-state index in [0.29, 0.717) is 0 Å². The van der Waals surface area contributed by atoms with Gasteiger partial charge >= 0.3 is 0 Å². The van der Waals surface area contributed by atoms with Crippen molar-refractivity contribution >= 4 is 5.82 Å². The zero-order valence-corrected chi connectivity index (χ0v) is 16.7. The van der Waals surface area contributed by atoms with Crippen LogP contribution in [0.2, 0.25) is 0 Å². The molecule has 1 aromatic heterocycles. The predicted molar refractivity (Wildman–Crippen MR) is 118 cm³/mol. The predicted octanol–water partition coefficient (Wildman–Crippen LogP) is 6.17. The average molecular weight is 349 g/mol. The summed E-state index contributed by atoms with van der Waals surface area (Å²) in [6.07, 6.45) is 24.4. The van der Waals surface area contributed by atoms with Crippen molar-refractivity contribution < 1.29 is 0 Å². The van der Waals surface area contributed by atoms with Gasteiger partial charge in [0.05, 0.1) is 0 Å². The largest absolute Gasteiger partial charge is 0.336 e. The summed E-state index contributed by atoms with van der Waals surface area (Å²) in [6, 6.07) is 5.87. The smallest absolute Gasteiger partial charge is 0.132 e. The van der Waals surface area contributed by atoms with Crippen LogP contribution in [0.3, 0.4) is 0 Å². The average Bonchev–Trinajstić information content (AvgIpc) is 2.71. The van der Waals surface area contributed by atoms with Gasteiger partial charge in [0.2, 0.25) is 0 Å². The quantitative estimate of drug-likeness (QED) is 0.433. The van der Waals surface area contributed by atoms with Gasteiger partial charge in [0.1, 0.15) is 5.82 Å². The van der Waals surface area contributed by atoms with E-state index in [-0.39, 0.29) is 0 Å². The van der Waals surface area contributed by atoms with Gasteiger partial charge in [-0.25, -0.2) is 4.98 Å². The summed E-state index contributed by atoms with van der Waals surface area (Å²) in [7, 11) is 1.98. The number of aromatic nitrogens is 1. The number of anilines is 1. The van der Waals surface area contributed by atoms with Crippen LogP contribution in [-0.4, -0.2) is 12.0 Å². The summed E-state index contributed by atoms with van der Waals surface area (Å²) in [4.78, 5) is 6.27. The van der Waals surface area contributed by atoms with Crippen molar-refractivity contribution in [2.45, 2.75) is 40.0 Å². The maximum absolute atomic E-state index is 4.29. The van der Waals surface area contributed by atoms with E-state index in [1.165, 1.54) is 0 Å². The monoisotopic (exact) mass is 348 g/mol. The maximum Gasteiger partial charge on any atom is 0.132 e. The van der Waals surface area contributed by atoms with Crippen molar-refractivity contribution in [2.75, 3.05) is 11.9 Å². The van der Waals surface area contributed by atoms with Crippen molar-refractivity contribution in [3.63, 3.8) is 0 Å². The number of hydrogen-bond donors (Lipinski definition) is 0. The van der Waals surface area contributed by atoms with Crippen molar-refractivity contribution in [2.24, 2.45) is 0 Å². The molecule has 1 rings (SSSR count). The van der Waals surface area contributed by atoms with Gasteiger partial charge in [-0.2, -0.15) is 0 Å². The van der Waals surface area contributed by atoms with Gasteiger partial charge in [-0.15, -0.1) is 12.8 Å². The molecule has 0 aliphatic rings.